The molecule has 0 amide bonds. The van der Waals surface area contributed by atoms with Crippen LogP contribution in [0.4, 0.5) is 0 Å². The van der Waals surface area contributed by atoms with Gasteiger partial charge in [-0.1, -0.05) is 6.92 Å². The number of hydrogen-bond acceptors (Lipinski definition) is 4. The Morgan fingerprint density at radius 2 is 2.33 bits per heavy atom. The predicted octanol–water partition coefficient (Wildman–Crippen LogP) is -0.661. The van der Waals surface area contributed by atoms with Crippen molar-refractivity contribution in [2.75, 3.05) is 0 Å². The molecular weight excluding hydrogens is 120 g/mol. The van der Waals surface area contributed by atoms with Crippen LogP contribution in [-0.4, -0.2) is 18.7 Å². The fourth-order valence-electron chi connectivity index (χ4n) is 0.690. The minimum absolute atomic E-state index is 0.144. The monoisotopic (exact) mass is 132 g/mol. The van der Waals surface area contributed by atoms with Gasteiger partial charge in [-0.15, -0.1) is 0 Å². The van der Waals surface area contributed by atoms with Crippen LogP contribution in [0.25, 0.3) is 0 Å². The number of nitrogens with two attached hydrogens (primary N) is 2. The predicted molar refractivity (Wildman–Crippen MR) is 32.2 cm³/mol. The van der Waals surface area contributed by atoms with E-state index in [9.17, 15) is 0 Å². The van der Waals surface area contributed by atoms with Crippen LogP contribution in [-0.2, 0) is 9.47 Å². The lowest BCUT2D eigenvalue weighted by atomic mass is 10.4. The molecular formula is C5H12N2O2. The maximum Gasteiger partial charge on any atom is 0.187 e. The van der Waals surface area contributed by atoms with Crippen molar-refractivity contribution >= 4 is 0 Å². The molecule has 1 heterocycles. The fourth-order valence-corrected chi connectivity index (χ4v) is 0.690. The van der Waals surface area contributed by atoms with E-state index in [0.29, 0.717) is 0 Å². The lowest BCUT2D eigenvalue weighted by Crippen LogP contribution is -2.34. The van der Waals surface area contributed by atoms with Gasteiger partial charge in [0.15, 0.2) is 12.6 Å². The van der Waals surface area contributed by atoms with Crippen molar-refractivity contribution < 1.29 is 9.47 Å². The molecule has 0 spiro atoms. The topological polar surface area (TPSA) is 73.8 Å². The molecule has 1 saturated heterocycles. The lowest BCUT2D eigenvalue weighted by Gasteiger charge is -2.01. The van der Waals surface area contributed by atoms with E-state index >= 15 is 0 Å². The minimum atomic E-state index is -0.702. The zero-order valence-corrected chi connectivity index (χ0v) is 5.41. The minimum Gasteiger partial charge on any atom is -0.341 e. The molecule has 0 aromatic rings. The Morgan fingerprint density at radius 3 is 2.67 bits per heavy atom. The molecule has 4 heteroatoms. The average Bonchev–Trinajstić information content (AvgIpc) is 2.45. The Hall–Kier alpha value is -0.160. The average molecular weight is 132 g/mol. The summed E-state index contributed by atoms with van der Waals surface area (Å²) in [5, 5.41) is 0. The van der Waals surface area contributed by atoms with Crippen LogP contribution in [0.5, 0.6) is 0 Å². The molecule has 1 aliphatic rings. The first kappa shape index (κ1) is 6.95. The first-order chi connectivity index (χ1) is 4.24. The summed E-state index contributed by atoms with van der Waals surface area (Å²) in [5.41, 5.74) is 10.3. The van der Waals surface area contributed by atoms with Crippen molar-refractivity contribution in [1.82, 2.24) is 0 Å². The normalized spacial score (nSPS) is 33.3. The zero-order valence-electron chi connectivity index (χ0n) is 5.41. The van der Waals surface area contributed by atoms with Gasteiger partial charge < -0.3 is 9.47 Å². The highest BCUT2D eigenvalue weighted by Crippen LogP contribution is 2.25. The molecule has 0 aromatic heterocycles. The molecule has 1 fully saturated rings. The Morgan fingerprint density at radius 1 is 1.67 bits per heavy atom. The molecule has 2 atom stereocenters. The van der Waals surface area contributed by atoms with Crippen molar-refractivity contribution in [3.05, 3.63) is 0 Å². The molecule has 0 aliphatic carbocycles. The number of epoxide rings is 1. The van der Waals surface area contributed by atoms with Crippen molar-refractivity contribution in [2.24, 2.45) is 11.5 Å². The van der Waals surface area contributed by atoms with Gasteiger partial charge in [0.25, 0.3) is 0 Å². The van der Waals surface area contributed by atoms with Crippen LogP contribution in [0.2, 0.25) is 0 Å². The molecule has 0 aromatic carbocycles. The molecule has 0 saturated carbocycles. The Bertz CT molecular complexity index is 97.0. The van der Waals surface area contributed by atoms with Crippen molar-refractivity contribution in [2.45, 2.75) is 32.1 Å². The van der Waals surface area contributed by atoms with Gasteiger partial charge >= 0.3 is 0 Å². The fraction of sp³-hybridized carbons (Fsp3) is 1.00. The number of ether oxygens (including phenoxy) is 2. The third-order valence-corrected chi connectivity index (χ3v) is 1.23. The van der Waals surface area contributed by atoms with Crippen LogP contribution < -0.4 is 11.5 Å². The van der Waals surface area contributed by atoms with Gasteiger partial charge in [-0.25, -0.2) is 0 Å². The van der Waals surface area contributed by atoms with Gasteiger partial charge in [-0.3, -0.25) is 11.5 Å². The summed E-state index contributed by atoms with van der Waals surface area (Å²) >= 11 is 0. The third kappa shape index (κ3) is 1.91. The van der Waals surface area contributed by atoms with Gasteiger partial charge in [-0.2, -0.15) is 0 Å². The largest absolute Gasteiger partial charge is 0.341 e. The van der Waals surface area contributed by atoms with Gasteiger partial charge in [-0.05, 0) is 6.42 Å². The molecule has 2 unspecified atom stereocenters. The molecule has 54 valence electrons. The van der Waals surface area contributed by atoms with E-state index < -0.39 is 6.35 Å². The van der Waals surface area contributed by atoms with Crippen molar-refractivity contribution in [3.8, 4) is 0 Å². The standard InChI is InChI=1S/C5H12N2O2/c1-2-3-4(8-3)9-5(6)7/h3-5H,2,6-7H2,1H3. The molecule has 4 N–H and O–H groups in total. The summed E-state index contributed by atoms with van der Waals surface area (Å²) in [6.07, 6.45) is 0.332. The lowest BCUT2D eigenvalue weighted by molar-refractivity contribution is -0.00437. The van der Waals surface area contributed by atoms with Gasteiger partial charge in [0, 0.05) is 0 Å². The summed E-state index contributed by atoms with van der Waals surface area (Å²) in [4.78, 5) is 0. The van der Waals surface area contributed by atoms with E-state index in [2.05, 4.69) is 0 Å². The first-order valence-corrected chi connectivity index (χ1v) is 3.06. The van der Waals surface area contributed by atoms with E-state index in [-0.39, 0.29) is 12.4 Å². The highest BCUT2D eigenvalue weighted by atomic mass is 16.8. The van der Waals surface area contributed by atoms with Gasteiger partial charge in [0.1, 0.15) is 6.10 Å². The highest BCUT2D eigenvalue weighted by molar-refractivity contribution is 4.74. The maximum atomic E-state index is 5.13. The Balaban J connectivity index is 2.05. The van der Waals surface area contributed by atoms with Crippen LogP contribution in [0.1, 0.15) is 13.3 Å². The Kier molecular flexibility index (Phi) is 2.02. The van der Waals surface area contributed by atoms with E-state index in [1.54, 1.807) is 0 Å². The quantitative estimate of drug-likeness (QED) is 0.395. The van der Waals surface area contributed by atoms with E-state index in [0.717, 1.165) is 6.42 Å². The first-order valence-electron chi connectivity index (χ1n) is 3.06. The molecule has 1 rings (SSSR count). The van der Waals surface area contributed by atoms with E-state index in [4.69, 9.17) is 20.9 Å². The Labute approximate surface area is 54.1 Å². The summed E-state index contributed by atoms with van der Waals surface area (Å²) in [6.45, 7) is 2.02. The summed E-state index contributed by atoms with van der Waals surface area (Å²) in [6, 6.07) is 0. The smallest absolute Gasteiger partial charge is 0.187 e. The second-order valence-electron chi connectivity index (χ2n) is 2.05. The molecule has 1 aliphatic heterocycles. The van der Waals surface area contributed by atoms with Gasteiger partial charge in [0.2, 0.25) is 0 Å². The number of hydrogen-bond donors (Lipinski definition) is 2. The van der Waals surface area contributed by atoms with Crippen LogP contribution in [0, 0.1) is 0 Å². The summed E-state index contributed by atoms with van der Waals surface area (Å²) < 4.78 is 9.89. The summed E-state index contributed by atoms with van der Waals surface area (Å²) in [7, 11) is 0. The molecule has 0 radical (unpaired) electrons. The highest BCUT2D eigenvalue weighted by Gasteiger charge is 2.38. The van der Waals surface area contributed by atoms with Crippen LogP contribution >= 0.6 is 0 Å². The second kappa shape index (κ2) is 2.62. The zero-order chi connectivity index (χ0) is 6.85. The SMILES string of the molecule is CCC1OC1OC(N)N. The molecule has 4 nitrogen and oxygen atoms in total. The molecule has 0 bridgehead atoms. The second-order valence-corrected chi connectivity index (χ2v) is 2.05. The van der Waals surface area contributed by atoms with Gasteiger partial charge in [0.05, 0.1) is 0 Å². The molecule has 9 heavy (non-hydrogen) atoms. The van der Waals surface area contributed by atoms with Crippen molar-refractivity contribution in [3.63, 3.8) is 0 Å². The third-order valence-electron chi connectivity index (χ3n) is 1.23. The summed E-state index contributed by atoms with van der Waals surface area (Å²) in [5.74, 6) is 0. The van der Waals surface area contributed by atoms with Crippen molar-refractivity contribution in [1.29, 1.82) is 0 Å². The number of rotatable bonds is 3. The maximum absolute atomic E-state index is 5.13. The van der Waals surface area contributed by atoms with E-state index in [1.807, 2.05) is 6.92 Å². The van der Waals surface area contributed by atoms with Crippen LogP contribution in [0.15, 0.2) is 0 Å². The van der Waals surface area contributed by atoms with E-state index in [1.165, 1.54) is 0 Å². The van der Waals surface area contributed by atoms with Crippen LogP contribution in [0.3, 0.4) is 0 Å².